The van der Waals surface area contributed by atoms with Crippen molar-refractivity contribution in [2.45, 2.75) is 85.9 Å². The smallest absolute Gasteiger partial charge is 0.399 e. The Bertz CT molecular complexity index is 1060. The highest BCUT2D eigenvalue weighted by Crippen LogP contribution is 2.38. The Balaban J connectivity index is 0.00000167. The third kappa shape index (κ3) is 5.82. The van der Waals surface area contributed by atoms with Gasteiger partial charge in [0.1, 0.15) is 0 Å². The van der Waals surface area contributed by atoms with Crippen LogP contribution in [0.5, 0.6) is 0 Å². The number of rotatable bonds is 6. The molecule has 1 atom stereocenters. The predicted molar refractivity (Wildman–Crippen MR) is 152 cm³/mol. The van der Waals surface area contributed by atoms with Crippen LogP contribution in [0.15, 0.2) is 72.8 Å². The van der Waals surface area contributed by atoms with Crippen molar-refractivity contribution in [3.05, 3.63) is 83.9 Å². The van der Waals surface area contributed by atoms with Gasteiger partial charge in [-0.05, 0) is 94.4 Å². The van der Waals surface area contributed by atoms with Gasteiger partial charge in [-0.2, -0.15) is 0 Å². The van der Waals surface area contributed by atoms with Crippen LogP contribution in [0.2, 0.25) is 0 Å². The molecule has 0 N–H and O–H groups in total. The topological polar surface area (TPSA) is 21.7 Å². The van der Waals surface area contributed by atoms with Gasteiger partial charge in [-0.15, -0.1) is 0 Å². The molecule has 3 aromatic carbocycles. The lowest BCUT2D eigenvalue weighted by Gasteiger charge is -2.32. The molecular formula is C31H42BNO2. The maximum absolute atomic E-state index is 6.24. The number of nitrogens with zero attached hydrogens (tertiary/aromatic N) is 1. The van der Waals surface area contributed by atoms with E-state index in [2.05, 4.69) is 126 Å². The summed E-state index contributed by atoms with van der Waals surface area (Å²) in [7, 11) is -0.355. The number of benzene rings is 3. The van der Waals surface area contributed by atoms with E-state index in [0.29, 0.717) is 5.92 Å². The van der Waals surface area contributed by atoms with Crippen molar-refractivity contribution in [3.8, 4) is 0 Å². The van der Waals surface area contributed by atoms with E-state index in [0.717, 1.165) is 28.9 Å². The van der Waals surface area contributed by atoms with Gasteiger partial charge in [0.2, 0.25) is 0 Å². The second kappa shape index (κ2) is 11.0. The zero-order valence-corrected chi connectivity index (χ0v) is 23.1. The van der Waals surface area contributed by atoms with Crippen molar-refractivity contribution in [2.75, 3.05) is 4.90 Å². The highest BCUT2D eigenvalue weighted by atomic mass is 16.7. The maximum atomic E-state index is 6.24. The largest absolute Gasteiger partial charge is 0.494 e. The van der Waals surface area contributed by atoms with E-state index in [-0.39, 0.29) is 18.3 Å². The molecule has 1 aliphatic rings. The van der Waals surface area contributed by atoms with Crippen LogP contribution in [0.25, 0.3) is 0 Å². The molecule has 0 bridgehead atoms. The van der Waals surface area contributed by atoms with E-state index in [1.165, 1.54) is 11.1 Å². The second-order valence-corrected chi connectivity index (χ2v) is 10.3. The SMILES string of the molecule is CC.CCC(C)c1ccc(N(c2ccc(C)cc2)c2ccc(B3OC(C)(C)C(C)(C)O3)cc2)cc1. The van der Waals surface area contributed by atoms with E-state index in [9.17, 15) is 0 Å². The predicted octanol–water partition coefficient (Wildman–Crippen LogP) is 8.30. The first kappa shape index (κ1) is 27.0. The monoisotopic (exact) mass is 471 g/mol. The number of hydrogen-bond acceptors (Lipinski definition) is 3. The zero-order valence-electron chi connectivity index (χ0n) is 23.1. The van der Waals surface area contributed by atoms with Gasteiger partial charge in [0, 0.05) is 17.1 Å². The first-order valence-electron chi connectivity index (χ1n) is 13.0. The maximum Gasteiger partial charge on any atom is 0.494 e. The Hall–Kier alpha value is -2.56. The Morgan fingerprint density at radius 2 is 1.11 bits per heavy atom. The molecule has 0 radical (unpaired) electrons. The molecule has 1 fully saturated rings. The quantitative estimate of drug-likeness (QED) is 0.338. The van der Waals surface area contributed by atoms with Crippen molar-refractivity contribution in [1.29, 1.82) is 0 Å². The van der Waals surface area contributed by atoms with Gasteiger partial charge >= 0.3 is 7.12 Å². The van der Waals surface area contributed by atoms with Crippen molar-refractivity contribution in [3.63, 3.8) is 0 Å². The molecule has 0 amide bonds. The van der Waals surface area contributed by atoms with Gasteiger partial charge in [-0.1, -0.05) is 69.7 Å². The summed E-state index contributed by atoms with van der Waals surface area (Å²) in [6, 6.07) is 26.2. The molecule has 1 unspecified atom stereocenters. The average molecular weight is 471 g/mol. The number of hydrogen-bond donors (Lipinski definition) is 0. The minimum Gasteiger partial charge on any atom is -0.399 e. The van der Waals surface area contributed by atoms with Crippen LogP contribution in [0.3, 0.4) is 0 Å². The Morgan fingerprint density at radius 1 is 0.714 bits per heavy atom. The van der Waals surface area contributed by atoms with Gasteiger partial charge in [0.25, 0.3) is 0 Å². The molecule has 1 heterocycles. The van der Waals surface area contributed by atoms with Crippen molar-refractivity contribution in [1.82, 2.24) is 0 Å². The molecule has 4 rings (SSSR count). The lowest BCUT2D eigenvalue weighted by atomic mass is 9.79. The Kier molecular flexibility index (Phi) is 8.51. The second-order valence-electron chi connectivity index (χ2n) is 10.3. The van der Waals surface area contributed by atoms with Gasteiger partial charge in [0.15, 0.2) is 0 Å². The van der Waals surface area contributed by atoms with Crippen molar-refractivity contribution < 1.29 is 9.31 Å². The molecule has 1 saturated heterocycles. The zero-order chi connectivity index (χ0) is 25.8. The first-order chi connectivity index (χ1) is 16.6. The van der Waals surface area contributed by atoms with Crippen LogP contribution in [-0.2, 0) is 9.31 Å². The molecule has 3 nitrogen and oxygen atoms in total. The van der Waals surface area contributed by atoms with Crippen molar-refractivity contribution in [2.24, 2.45) is 0 Å². The normalized spacial score (nSPS) is 16.9. The van der Waals surface area contributed by atoms with Crippen LogP contribution < -0.4 is 10.4 Å². The minimum atomic E-state index is -0.355. The summed E-state index contributed by atoms with van der Waals surface area (Å²) in [4.78, 5) is 2.30. The van der Waals surface area contributed by atoms with Crippen LogP contribution >= 0.6 is 0 Å². The lowest BCUT2D eigenvalue weighted by Crippen LogP contribution is -2.41. The summed E-state index contributed by atoms with van der Waals surface area (Å²) in [6.07, 6.45) is 1.14. The summed E-state index contributed by atoms with van der Waals surface area (Å²) >= 11 is 0. The van der Waals surface area contributed by atoms with E-state index in [1.807, 2.05) is 13.8 Å². The van der Waals surface area contributed by atoms with E-state index < -0.39 is 0 Å². The third-order valence-corrected chi connectivity index (χ3v) is 7.30. The molecule has 0 aliphatic carbocycles. The summed E-state index contributed by atoms with van der Waals surface area (Å²) < 4.78 is 12.5. The fourth-order valence-electron chi connectivity index (χ4n) is 4.09. The summed E-state index contributed by atoms with van der Waals surface area (Å²) in [5.41, 5.74) is 6.37. The van der Waals surface area contributed by atoms with E-state index in [4.69, 9.17) is 9.31 Å². The minimum absolute atomic E-state index is 0.346. The molecule has 3 aromatic rings. The van der Waals surface area contributed by atoms with Crippen LogP contribution in [0, 0.1) is 6.92 Å². The molecule has 186 valence electrons. The molecule has 1 aliphatic heterocycles. The fraction of sp³-hybridized carbons (Fsp3) is 0.419. The fourth-order valence-corrected chi connectivity index (χ4v) is 4.09. The molecular weight excluding hydrogens is 429 g/mol. The summed E-state index contributed by atoms with van der Waals surface area (Å²) in [5, 5.41) is 0. The molecule has 4 heteroatoms. The standard InChI is InChI=1S/C29H36BNO2.C2H6/c1-8-22(3)23-11-17-26(18-12-23)31(25-15-9-21(2)10-16-25)27-19-13-24(14-20-27)30-32-28(4,5)29(6,7)33-30;1-2/h9-20,22H,8H2,1-7H3;1-2H3. The summed E-state index contributed by atoms with van der Waals surface area (Å²) in [6.45, 7) is 19.0. The number of aryl methyl sites for hydroxylation is 1. The van der Waals surface area contributed by atoms with E-state index >= 15 is 0 Å². The average Bonchev–Trinajstić information content (AvgIpc) is 3.08. The molecule has 35 heavy (non-hydrogen) atoms. The van der Waals surface area contributed by atoms with Crippen molar-refractivity contribution >= 4 is 29.6 Å². The lowest BCUT2D eigenvalue weighted by molar-refractivity contribution is 0.00578. The Labute approximate surface area is 213 Å². The highest BCUT2D eigenvalue weighted by molar-refractivity contribution is 6.62. The van der Waals surface area contributed by atoms with Gasteiger partial charge in [-0.25, -0.2) is 0 Å². The van der Waals surface area contributed by atoms with Gasteiger partial charge in [0.05, 0.1) is 11.2 Å². The van der Waals surface area contributed by atoms with Gasteiger partial charge in [-0.3, -0.25) is 0 Å². The molecule has 0 saturated carbocycles. The Morgan fingerprint density at radius 3 is 1.54 bits per heavy atom. The van der Waals surface area contributed by atoms with Crippen LogP contribution in [0.4, 0.5) is 17.1 Å². The summed E-state index contributed by atoms with van der Waals surface area (Å²) in [5.74, 6) is 0.561. The first-order valence-corrected chi connectivity index (χ1v) is 13.0. The molecule has 0 aromatic heterocycles. The van der Waals surface area contributed by atoms with Gasteiger partial charge < -0.3 is 14.2 Å². The van der Waals surface area contributed by atoms with Crippen LogP contribution in [0.1, 0.15) is 78.9 Å². The molecule has 0 spiro atoms. The number of anilines is 3. The highest BCUT2D eigenvalue weighted by Gasteiger charge is 2.51. The third-order valence-electron chi connectivity index (χ3n) is 7.30. The van der Waals surface area contributed by atoms with Crippen LogP contribution in [-0.4, -0.2) is 18.3 Å². The van der Waals surface area contributed by atoms with E-state index in [1.54, 1.807) is 0 Å².